The molecule has 2 rings (SSSR count). The van der Waals surface area contributed by atoms with Crippen molar-refractivity contribution in [2.24, 2.45) is 0 Å². The lowest BCUT2D eigenvalue weighted by molar-refractivity contribution is -0.120. The van der Waals surface area contributed by atoms with E-state index >= 15 is 0 Å². The van der Waals surface area contributed by atoms with E-state index in [-0.39, 0.29) is 11.7 Å². The number of carbonyl (C=O) groups excluding carboxylic acids is 1. The Morgan fingerprint density at radius 2 is 1.58 bits per heavy atom. The first-order chi connectivity index (χ1) is 9.00. The van der Waals surface area contributed by atoms with Gasteiger partial charge in [-0.05, 0) is 43.7 Å². The van der Waals surface area contributed by atoms with Crippen LogP contribution in [0.4, 0.5) is 10.1 Å². The summed E-state index contributed by atoms with van der Waals surface area (Å²) in [5.74, 6) is -0.439. The molecule has 0 heterocycles. The predicted octanol–water partition coefficient (Wildman–Crippen LogP) is 3.74. The van der Waals surface area contributed by atoms with Gasteiger partial charge in [-0.3, -0.25) is 4.79 Å². The van der Waals surface area contributed by atoms with Crippen LogP contribution in [0.1, 0.15) is 19.4 Å². The molecule has 2 nitrogen and oxygen atoms in total. The van der Waals surface area contributed by atoms with Gasteiger partial charge < -0.3 is 5.32 Å². The summed E-state index contributed by atoms with van der Waals surface area (Å²) in [5.41, 5.74) is 0.889. The molecule has 0 bridgehead atoms. The average molecular weight is 257 g/mol. The molecule has 0 radical (unpaired) electrons. The number of hydrogen-bond acceptors (Lipinski definition) is 1. The van der Waals surface area contributed by atoms with Crippen molar-refractivity contribution in [3.05, 3.63) is 66.0 Å². The molecule has 0 saturated heterocycles. The molecule has 0 atom stereocenters. The van der Waals surface area contributed by atoms with Crippen molar-refractivity contribution in [3.63, 3.8) is 0 Å². The van der Waals surface area contributed by atoms with Crippen LogP contribution in [0.2, 0.25) is 0 Å². The van der Waals surface area contributed by atoms with Crippen LogP contribution < -0.4 is 5.32 Å². The van der Waals surface area contributed by atoms with Crippen LogP contribution in [-0.4, -0.2) is 5.91 Å². The number of benzene rings is 2. The highest BCUT2D eigenvalue weighted by atomic mass is 19.1. The third-order valence-electron chi connectivity index (χ3n) is 3.17. The standard InChI is InChI=1S/C16H16FNO/c1-16(2,12-6-4-3-5-7-12)15(19)18-14-10-8-13(17)9-11-14/h3-11H,1-2H3,(H,18,19). The predicted molar refractivity (Wildman–Crippen MR) is 74.5 cm³/mol. The highest BCUT2D eigenvalue weighted by molar-refractivity contribution is 5.98. The van der Waals surface area contributed by atoms with Crippen LogP contribution in [0.25, 0.3) is 0 Å². The zero-order valence-corrected chi connectivity index (χ0v) is 11.0. The average Bonchev–Trinajstić information content (AvgIpc) is 2.42. The minimum Gasteiger partial charge on any atom is -0.325 e. The first-order valence-electron chi connectivity index (χ1n) is 6.13. The maximum atomic E-state index is 12.8. The Morgan fingerprint density at radius 3 is 2.16 bits per heavy atom. The van der Waals surface area contributed by atoms with Crippen LogP contribution in [0, 0.1) is 5.82 Å². The van der Waals surface area contributed by atoms with Gasteiger partial charge in [-0.25, -0.2) is 4.39 Å². The number of rotatable bonds is 3. The fourth-order valence-electron chi connectivity index (χ4n) is 1.81. The highest BCUT2D eigenvalue weighted by Gasteiger charge is 2.29. The fraction of sp³-hybridized carbons (Fsp3) is 0.188. The molecule has 0 spiro atoms. The second kappa shape index (κ2) is 5.22. The van der Waals surface area contributed by atoms with Gasteiger partial charge in [0.2, 0.25) is 5.91 Å². The molecule has 19 heavy (non-hydrogen) atoms. The maximum absolute atomic E-state index is 12.8. The van der Waals surface area contributed by atoms with Crippen LogP contribution in [0.15, 0.2) is 54.6 Å². The lowest BCUT2D eigenvalue weighted by Crippen LogP contribution is -2.34. The van der Waals surface area contributed by atoms with E-state index in [0.29, 0.717) is 5.69 Å². The number of nitrogens with one attached hydrogen (secondary N) is 1. The molecule has 0 aliphatic heterocycles. The van der Waals surface area contributed by atoms with E-state index in [0.717, 1.165) is 5.56 Å². The van der Waals surface area contributed by atoms with Gasteiger partial charge in [0.25, 0.3) is 0 Å². The third kappa shape index (κ3) is 2.99. The van der Waals surface area contributed by atoms with Gasteiger partial charge in [0.15, 0.2) is 0 Å². The van der Waals surface area contributed by atoms with Gasteiger partial charge in [-0.15, -0.1) is 0 Å². The van der Waals surface area contributed by atoms with Crippen molar-refractivity contribution in [1.82, 2.24) is 0 Å². The fourth-order valence-corrected chi connectivity index (χ4v) is 1.81. The molecule has 0 saturated carbocycles. The Morgan fingerprint density at radius 1 is 1.00 bits per heavy atom. The summed E-state index contributed by atoms with van der Waals surface area (Å²) >= 11 is 0. The lowest BCUT2D eigenvalue weighted by atomic mass is 9.83. The summed E-state index contributed by atoms with van der Waals surface area (Å²) in [5, 5.41) is 2.80. The van der Waals surface area contributed by atoms with E-state index < -0.39 is 5.41 Å². The minimum absolute atomic E-state index is 0.120. The highest BCUT2D eigenvalue weighted by Crippen LogP contribution is 2.24. The molecule has 0 fully saturated rings. The second-order valence-electron chi connectivity index (χ2n) is 4.95. The first kappa shape index (κ1) is 13.3. The Balaban J connectivity index is 2.17. The van der Waals surface area contributed by atoms with Crippen LogP contribution in [-0.2, 0) is 10.2 Å². The van der Waals surface area contributed by atoms with Crippen molar-refractivity contribution < 1.29 is 9.18 Å². The van der Waals surface area contributed by atoms with E-state index in [1.165, 1.54) is 12.1 Å². The van der Waals surface area contributed by atoms with Crippen molar-refractivity contribution in [2.75, 3.05) is 5.32 Å². The van der Waals surface area contributed by atoms with E-state index in [9.17, 15) is 9.18 Å². The number of amides is 1. The van der Waals surface area contributed by atoms with E-state index in [2.05, 4.69) is 5.32 Å². The largest absolute Gasteiger partial charge is 0.325 e. The van der Waals surface area contributed by atoms with Crippen molar-refractivity contribution in [3.8, 4) is 0 Å². The molecular weight excluding hydrogens is 241 g/mol. The molecule has 1 amide bonds. The second-order valence-corrected chi connectivity index (χ2v) is 4.95. The number of hydrogen-bond donors (Lipinski definition) is 1. The van der Waals surface area contributed by atoms with Crippen LogP contribution >= 0.6 is 0 Å². The van der Waals surface area contributed by atoms with E-state index in [1.807, 2.05) is 44.2 Å². The Kier molecular flexibility index (Phi) is 3.65. The summed E-state index contributed by atoms with van der Waals surface area (Å²) in [4.78, 5) is 12.3. The SMILES string of the molecule is CC(C)(C(=O)Nc1ccc(F)cc1)c1ccccc1. The van der Waals surface area contributed by atoms with Gasteiger partial charge in [0, 0.05) is 5.69 Å². The molecule has 0 aliphatic carbocycles. The summed E-state index contributed by atoms with van der Waals surface area (Å²) in [6.07, 6.45) is 0. The van der Waals surface area contributed by atoms with Gasteiger partial charge >= 0.3 is 0 Å². The third-order valence-corrected chi connectivity index (χ3v) is 3.17. The first-order valence-corrected chi connectivity index (χ1v) is 6.13. The van der Waals surface area contributed by atoms with Crippen molar-refractivity contribution in [2.45, 2.75) is 19.3 Å². The molecule has 1 N–H and O–H groups in total. The zero-order valence-electron chi connectivity index (χ0n) is 11.0. The molecule has 2 aromatic rings. The summed E-state index contributed by atoms with van der Waals surface area (Å²) in [7, 11) is 0. The van der Waals surface area contributed by atoms with Gasteiger partial charge in [0.05, 0.1) is 5.41 Å². The van der Waals surface area contributed by atoms with Crippen LogP contribution in [0.5, 0.6) is 0 Å². The quantitative estimate of drug-likeness (QED) is 0.891. The molecule has 98 valence electrons. The Bertz CT molecular complexity index is 561. The van der Waals surface area contributed by atoms with Gasteiger partial charge in [-0.2, -0.15) is 0 Å². The number of anilines is 1. The molecule has 3 heteroatoms. The van der Waals surface area contributed by atoms with Gasteiger partial charge in [0.1, 0.15) is 5.82 Å². The van der Waals surface area contributed by atoms with E-state index in [1.54, 1.807) is 12.1 Å². The van der Waals surface area contributed by atoms with Crippen molar-refractivity contribution >= 4 is 11.6 Å². The van der Waals surface area contributed by atoms with Crippen LogP contribution in [0.3, 0.4) is 0 Å². The topological polar surface area (TPSA) is 29.1 Å². The molecule has 0 aromatic heterocycles. The molecular formula is C16H16FNO. The lowest BCUT2D eigenvalue weighted by Gasteiger charge is -2.24. The molecule has 0 unspecified atom stereocenters. The Hall–Kier alpha value is -2.16. The maximum Gasteiger partial charge on any atom is 0.234 e. The molecule has 2 aromatic carbocycles. The number of carbonyl (C=O) groups is 1. The summed E-state index contributed by atoms with van der Waals surface area (Å²) in [6, 6.07) is 15.3. The zero-order chi connectivity index (χ0) is 13.9. The molecule has 0 aliphatic rings. The normalized spacial score (nSPS) is 11.1. The Labute approximate surface area is 112 Å². The number of halogens is 1. The van der Waals surface area contributed by atoms with Crippen molar-refractivity contribution in [1.29, 1.82) is 0 Å². The monoisotopic (exact) mass is 257 g/mol. The van der Waals surface area contributed by atoms with Gasteiger partial charge in [-0.1, -0.05) is 30.3 Å². The van der Waals surface area contributed by atoms with E-state index in [4.69, 9.17) is 0 Å². The summed E-state index contributed by atoms with van der Waals surface area (Å²) < 4.78 is 12.8. The minimum atomic E-state index is -0.643. The smallest absolute Gasteiger partial charge is 0.234 e. The summed E-state index contributed by atoms with van der Waals surface area (Å²) in [6.45, 7) is 3.72.